The summed E-state index contributed by atoms with van der Waals surface area (Å²) in [5.74, 6) is 0.761. The van der Waals surface area contributed by atoms with Crippen molar-refractivity contribution in [3.63, 3.8) is 0 Å². The molecule has 130 valence electrons. The van der Waals surface area contributed by atoms with E-state index in [2.05, 4.69) is 33.9 Å². The minimum absolute atomic E-state index is 0.0652. The standard InChI is InChI=1S/C19H22N4OS/c1-13-4-3-9-23(11-13)12-14-5-7-15(8-6-14)17-16(10-20)18(24)22-19(21-17)25-2/h5-8,13H,3-4,9,11-12H2,1-2H3,(H,21,22,24). The van der Waals surface area contributed by atoms with Crippen LogP contribution in [-0.2, 0) is 6.54 Å². The highest BCUT2D eigenvalue weighted by atomic mass is 32.2. The fraction of sp³-hybridized carbons (Fsp3) is 0.421. The monoisotopic (exact) mass is 354 g/mol. The van der Waals surface area contributed by atoms with Gasteiger partial charge in [0.15, 0.2) is 5.16 Å². The molecule has 3 rings (SSSR count). The van der Waals surface area contributed by atoms with Gasteiger partial charge in [-0.3, -0.25) is 9.69 Å². The first-order valence-electron chi connectivity index (χ1n) is 8.50. The molecule has 0 spiro atoms. The zero-order chi connectivity index (χ0) is 17.8. The minimum Gasteiger partial charge on any atom is -0.300 e. The van der Waals surface area contributed by atoms with E-state index >= 15 is 0 Å². The number of nitriles is 1. The molecular formula is C19H22N4OS. The summed E-state index contributed by atoms with van der Waals surface area (Å²) in [6.45, 7) is 5.54. The Kier molecular flexibility index (Phi) is 5.57. The predicted octanol–water partition coefficient (Wildman–Crippen LogP) is 3.26. The van der Waals surface area contributed by atoms with E-state index in [1.54, 1.807) is 0 Å². The van der Waals surface area contributed by atoms with E-state index < -0.39 is 0 Å². The molecule has 2 heterocycles. The molecule has 1 aliphatic heterocycles. The zero-order valence-corrected chi connectivity index (χ0v) is 15.4. The second kappa shape index (κ2) is 7.85. The lowest BCUT2D eigenvalue weighted by atomic mass is 9.99. The van der Waals surface area contributed by atoms with Gasteiger partial charge in [-0.05, 0) is 37.1 Å². The molecule has 1 N–H and O–H groups in total. The van der Waals surface area contributed by atoms with Crippen LogP contribution < -0.4 is 5.56 Å². The van der Waals surface area contributed by atoms with Gasteiger partial charge in [0.2, 0.25) is 0 Å². The minimum atomic E-state index is -0.386. The second-order valence-electron chi connectivity index (χ2n) is 6.59. The molecule has 1 fully saturated rings. The van der Waals surface area contributed by atoms with Gasteiger partial charge in [-0.2, -0.15) is 5.26 Å². The third kappa shape index (κ3) is 4.12. The lowest BCUT2D eigenvalue weighted by molar-refractivity contribution is 0.176. The number of nitrogens with zero attached hydrogens (tertiary/aromatic N) is 3. The smallest absolute Gasteiger partial charge is 0.270 e. The maximum atomic E-state index is 12.0. The number of nitrogens with one attached hydrogen (secondary N) is 1. The van der Waals surface area contributed by atoms with Crippen molar-refractivity contribution < 1.29 is 0 Å². The highest BCUT2D eigenvalue weighted by Gasteiger charge is 2.17. The largest absolute Gasteiger partial charge is 0.300 e. The van der Waals surface area contributed by atoms with Crippen molar-refractivity contribution in [2.45, 2.75) is 31.5 Å². The molecular weight excluding hydrogens is 332 g/mol. The normalized spacial score (nSPS) is 18.0. The van der Waals surface area contributed by atoms with Gasteiger partial charge in [0.25, 0.3) is 5.56 Å². The first-order valence-corrected chi connectivity index (χ1v) is 9.73. The molecule has 0 radical (unpaired) electrons. The summed E-state index contributed by atoms with van der Waals surface area (Å²) in [6, 6.07) is 10.0. The molecule has 0 amide bonds. The maximum absolute atomic E-state index is 12.0. The van der Waals surface area contributed by atoms with Crippen LogP contribution in [0.1, 0.15) is 30.9 Å². The van der Waals surface area contributed by atoms with Crippen LogP contribution in [0, 0.1) is 17.2 Å². The SMILES string of the molecule is CSc1nc(-c2ccc(CN3CCCC(C)C3)cc2)c(C#N)c(=O)[nH]1. The molecule has 1 aromatic carbocycles. The Morgan fingerprint density at radius 2 is 2.16 bits per heavy atom. The predicted molar refractivity (Wildman–Crippen MR) is 100 cm³/mol. The summed E-state index contributed by atoms with van der Waals surface area (Å²) in [5, 5.41) is 9.82. The van der Waals surface area contributed by atoms with Crippen LogP contribution in [0.2, 0.25) is 0 Å². The quantitative estimate of drug-likeness (QED) is 0.674. The number of hydrogen-bond acceptors (Lipinski definition) is 5. The van der Waals surface area contributed by atoms with Crippen molar-refractivity contribution in [2.24, 2.45) is 5.92 Å². The molecule has 1 aromatic heterocycles. The van der Waals surface area contributed by atoms with Crippen molar-refractivity contribution in [1.82, 2.24) is 14.9 Å². The van der Waals surface area contributed by atoms with Crippen LogP contribution in [0.5, 0.6) is 0 Å². The number of rotatable bonds is 4. The maximum Gasteiger partial charge on any atom is 0.270 e. The van der Waals surface area contributed by atoms with Gasteiger partial charge >= 0.3 is 0 Å². The summed E-state index contributed by atoms with van der Waals surface area (Å²) in [6.07, 6.45) is 4.42. The summed E-state index contributed by atoms with van der Waals surface area (Å²) >= 11 is 1.35. The molecule has 1 unspecified atom stereocenters. The number of H-pyrrole nitrogens is 1. The molecule has 0 aliphatic carbocycles. The Balaban J connectivity index is 1.84. The fourth-order valence-corrected chi connectivity index (χ4v) is 3.70. The van der Waals surface area contributed by atoms with Gasteiger partial charge in [-0.25, -0.2) is 4.98 Å². The van der Waals surface area contributed by atoms with E-state index in [4.69, 9.17) is 0 Å². The van der Waals surface area contributed by atoms with Crippen LogP contribution in [0.15, 0.2) is 34.2 Å². The highest BCUT2D eigenvalue weighted by molar-refractivity contribution is 7.98. The number of benzene rings is 1. The molecule has 1 aliphatic rings. The first-order chi connectivity index (χ1) is 12.1. The summed E-state index contributed by atoms with van der Waals surface area (Å²) in [5.41, 5.74) is 2.17. The molecule has 0 bridgehead atoms. The second-order valence-corrected chi connectivity index (χ2v) is 7.38. The third-order valence-corrected chi connectivity index (χ3v) is 5.16. The fourth-order valence-electron chi connectivity index (χ4n) is 3.32. The van der Waals surface area contributed by atoms with Crippen LogP contribution in [0.3, 0.4) is 0 Å². The Bertz CT molecular complexity index is 838. The number of aromatic amines is 1. The van der Waals surface area contributed by atoms with Crippen LogP contribution >= 0.6 is 11.8 Å². The number of thioether (sulfide) groups is 1. The average molecular weight is 354 g/mol. The van der Waals surface area contributed by atoms with Crippen molar-refractivity contribution in [3.05, 3.63) is 45.7 Å². The molecule has 1 atom stereocenters. The number of aromatic nitrogens is 2. The Labute approximate surface area is 152 Å². The van der Waals surface area contributed by atoms with E-state index in [1.165, 1.54) is 30.2 Å². The van der Waals surface area contributed by atoms with E-state index in [-0.39, 0.29) is 11.1 Å². The van der Waals surface area contributed by atoms with E-state index in [1.807, 2.05) is 24.5 Å². The molecule has 2 aromatic rings. The number of likely N-dealkylation sites (tertiary alicyclic amines) is 1. The summed E-state index contributed by atoms with van der Waals surface area (Å²) < 4.78 is 0. The first kappa shape index (κ1) is 17.7. The van der Waals surface area contributed by atoms with E-state index in [0.717, 1.165) is 31.1 Å². The Hall–Kier alpha value is -2.10. The van der Waals surface area contributed by atoms with Crippen molar-refractivity contribution in [3.8, 4) is 17.3 Å². The van der Waals surface area contributed by atoms with Gasteiger partial charge in [-0.1, -0.05) is 43.0 Å². The molecule has 5 nitrogen and oxygen atoms in total. The zero-order valence-electron chi connectivity index (χ0n) is 14.6. The van der Waals surface area contributed by atoms with E-state index in [9.17, 15) is 10.1 Å². The van der Waals surface area contributed by atoms with Crippen LogP contribution in [-0.4, -0.2) is 34.2 Å². The molecule has 1 saturated heterocycles. The molecule has 25 heavy (non-hydrogen) atoms. The van der Waals surface area contributed by atoms with Crippen molar-refractivity contribution in [1.29, 1.82) is 5.26 Å². The van der Waals surface area contributed by atoms with Gasteiger partial charge in [0, 0.05) is 18.7 Å². The Morgan fingerprint density at radius 1 is 1.40 bits per heavy atom. The number of hydrogen-bond donors (Lipinski definition) is 1. The average Bonchev–Trinajstić information content (AvgIpc) is 2.61. The van der Waals surface area contributed by atoms with E-state index in [0.29, 0.717) is 10.9 Å². The Morgan fingerprint density at radius 3 is 2.80 bits per heavy atom. The molecule has 6 heteroatoms. The van der Waals surface area contributed by atoms with Crippen LogP contribution in [0.4, 0.5) is 0 Å². The lowest BCUT2D eigenvalue weighted by Crippen LogP contribution is -2.33. The van der Waals surface area contributed by atoms with Gasteiger partial charge in [0.05, 0.1) is 5.69 Å². The molecule has 0 saturated carbocycles. The summed E-state index contributed by atoms with van der Waals surface area (Å²) in [7, 11) is 0. The van der Waals surface area contributed by atoms with Gasteiger partial charge in [0.1, 0.15) is 11.6 Å². The lowest BCUT2D eigenvalue weighted by Gasteiger charge is -2.30. The van der Waals surface area contributed by atoms with Crippen molar-refractivity contribution >= 4 is 11.8 Å². The van der Waals surface area contributed by atoms with Gasteiger partial charge < -0.3 is 4.98 Å². The summed E-state index contributed by atoms with van der Waals surface area (Å²) in [4.78, 5) is 21.6. The third-order valence-electron chi connectivity index (χ3n) is 4.58. The highest BCUT2D eigenvalue weighted by Crippen LogP contribution is 2.23. The topological polar surface area (TPSA) is 72.8 Å². The van der Waals surface area contributed by atoms with Crippen molar-refractivity contribution in [2.75, 3.05) is 19.3 Å². The van der Waals surface area contributed by atoms with Crippen LogP contribution in [0.25, 0.3) is 11.3 Å². The number of piperidine rings is 1. The van der Waals surface area contributed by atoms with Gasteiger partial charge in [-0.15, -0.1) is 0 Å².